The predicted molar refractivity (Wildman–Crippen MR) is 276 cm³/mol. The van der Waals surface area contributed by atoms with E-state index in [1.54, 1.807) is 6.08 Å². The molecule has 0 rings (SSSR count). The number of rotatable bonds is 51. The molecule has 0 heterocycles. The monoisotopic (exact) mass is 868 g/mol. The first-order valence-corrected chi connectivity index (χ1v) is 27.9. The number of aliphatic hydroxyl groups excluding tert-OH is 2. The molecule has 0 aliphatic carbocycles. The molecule has 0 aromatic heterocycles. The van der Waals surface area contributed by atoms with Crippen molar-refractivity contribution >= 4 is 5.91 Å². The van der Waals surface area contributed by atoms with Crippen molar-refractivity contribution < 1.29 is 15.0 Å². The Balaban J connectivity index is 3.37. The van der Waals surface area contributed by atoms with Gasteiger partial charge in [-0.15, -0.1) is 0 Å². The number of unbranched alkanes of at least 4 members (excludes halogenated alkanes) is 38. The van der Waals surface area contributed by atoms with Gasteiger partial charge < -0.3 is 15.5 Å². The number of allylic oxidation sites excluding steroid dienone is 7. The lowest BCUT2D eigenvalue weighted by atomic mass is 10.0. The average molecular weight is 869 g/mol. The highest BCUT2D eigenvalue weighted by molar-refractivity contribution is 5.76. The van der Waals surface area contributed by atoms with Crippen LogP contribution in [0.4, 0.5) is 0 Å². The molecular formula is C58H109NO3. The van der Waals surface area contributed by atoms with Gasteiger partial charge in [-0.05, 0) is 64.2 Å². The van der Waals surface area contributed by atoms with Gasteiger partial charge >= 0.3 is 0 Å². The van der Waals surface area contributed by atoms with Crippen LogP contribution in [-0.2, 0) is 4.79 Å². The lowest BCUT2D eigenvalue weighted by Crippen LogP contribution is -2.45. The largest absolute Gasteiger partial charge is 0.394 e. The fourth-order valence-electron chi connectivity index (χ4n) is 8.52. The third kappa shape index (κ3) is 49.4. The van der Waals surface area contributed by atoms with Crippen LogP contribution in [0.15, 0.2) is 48.6 Å². The summed E-state index contributed by atoms with van der Waals surface area (Å²) in [5.74, 6) is -0.0714. The Kier molecular flexibility index (Phi) is 52.3. The molecule has 1 amide bonds. The van der Waals surface area contributed by atoms with E-state index < -0.39 is 12.1 Å². The van der Waals surface area contributed by atoms with Crippen LogP contribution in [0.25, 0.3) is 0 Å². The molecule has 0 radical (unpaired) electrons. The lowest BCUT2D eigenvalue weighted by Gasteiger charge is -2.19. The fourth-order valence-corrected chi connectivity index (χ4v) is 8.52. The fraction of sp³-hybridized carbons (Fsp3) is 0.845. The van der Waals surface area contributed by atoms with Gasteiger partial charge in [0.05, 0.1) is 18.8 Å². The molecule has 0 fully saturated rings. The van der Waals surface area contributed by atoms with Gasteiger partial charge in [-0.1, -0.05) is 274 Å². The quantitative estimate of drug-likeness (QED) is 0.0421. The minimum Gasteiger partial charge on any atom is -0.394 e. The molecule has 3 N–H and O–H groups in total. The van der Waals surface area contributed by atoms with Gasteiger partial charge in [-0.25, -0.2) is 0 Å². The number of nitrogens with one attached hydrogen (secondary N) is 1. The van der Waals surface area contributed by atoms with Crippen molar-refractivity contribution in [3.05, 3.63) is 48.6 Å². The number of amides is 1. The van der Waals surface area contributed by atoms with Gasteiger partial charge in [0.2, 0.25) is 5.91 Å². The van der Waals surface area contributed by atoms with Crippen LogP contribution in [0.2, 0.25) is 0 Å². The maximum atomic E-state index is 12.4. The Labute approximate surface area is 388 Å². The van der Waals surface area contributed by atoms with Crippen molar-refractivity contribution in [3.8, 4) is 0 Å². The van der Waals surface area contributed by atoms with Crippen LogP contribution in [-0.4, -0.2) is 34.9 Å². The van der Waals surface area contributed by atoms with E-state index in [1.807, 2.05) is 6.08 Å². The van der Waals surface area contributed by atoms with E-state index in [1.165, 1.54) is 238 Å². The molecule has 4 nitrogen and oxygen atoms in total. The van der Waals surface area contributed by atoms with E-state index in [-0.39, 0.29) is 12.5 Å². The van der Waals surface area contributed by atoms with Crippen LogP contribution >= 0.6 is 0 Å². The Morgan fingerprint density at radius 2 is 0.677 bits per heavy atom. The SMILES string of the molecule is CCCCCCC/C=C\C/C=C\CCCCCCCCCCCCCCCCCCCCCCCCCCCCCC(=O)NC(CO)C(O)/C=C/CC/C=C/CCCCCCC. The topological polar surface area (TPSA) is 69.6 Å². The highest BCUT2D eigenvalue weighted by Crippen LogP contribution is 2.17. The first kappa shape index (κ1) is 60.4. The molecule has 0 bridgehead atoms. The Hall–Kier alpha value is -1.65. The molecule has 0 spiro atoms. The van der Waals surface area contributed by atoms with Crippen LogP contribution in [0.1, 0.15) is 296 Å². The van der Waals surface area contributed by atoms with Crippen molar-refractivity contribution in [2.24, 2.45) is 0 Å². The maximum absolute atomic E-state index is 12.4. The summed E-state index contributed by atoms with van der Waals surface area (Å²) in [7, 11) is 0. The zero-order chi connectivity index (χ0) is 44.9. The van der Waals surface area contributed by atoms with Crippen LogP contribution in [0, 0.1) is 0 Å². The summed E-state index contributed by atoms with van der Waals surface area (Å²) < 4.78 is 0. The van der Waals surface area contributed by atoms with Crippen molar-refractivity contribution in [2.45, 2.75) is 309 Å². The molecule has 0 aliphatic heterocycles. The highest BCUT2D eigenvalue weighted by Gasteiger charge is 2.18. The summed E-state index contributed by atoms with van der Waals surface area (Å²) in [5.41, 5.74) is 0. The number of aliphatic hydroxyl groups is 2. The first-order valence-electron chi connectivity index (χ1n) is 27.9. The molecule has 4 heteroatoms. The number of hydrogen-bond acceptors (Lipinski definition) is 3. The molecule has 2 atom stereocenters. The summed E-state index contributed by atoms with van der Waals surface area (Å²) in [6.07, 6.45) is 74.4. The summed E-state index contributed by atoms with van der Waals surface area (Å²) >= 11 is 0. The second-order valence-electron chi connectivity index (χ2n) is 19.0. The third-order valence-corrected chi connectivity index (χ3v) is 12.8. The minimum absolute atomic E-state index is 0.0714. The summed E-state index contributed by atoms with van der Waals surface area (Å²) in [4.78, 5) is 12.4. The van der Waals surface area contributed by atoms with Gasteiger partial charge in [0, 0.05) is 6.42 Å². The van der Waals surface area contributed by atoms with E-state index in [0.29, 0.717) is 6.42 Å². The molecular weight excluding hydrogens is 759 g/mol. The average Bonchev–Trinajstić information content (AvgIpc) is 3.28. The molecule has 2 unspecified atom stereocenters. The van der Waals surface area contributed by atoms with E-state index >= 15 is 0 Å². The van der Waals surface area contributed by atoms with Crippen molar-refractivity contribution in [3.63, 3.8) is 0 Å². The third-order valence-electron chi connectivity index (χ3n) is 12.8. The van der Waals surface area contributed by atoms with Gasteiger partial charge in [0.1, 0.15) is 0 Å². The summed E-state index contributed by atoms with van der Waals surface area (Å²) in [5, 5.41) is 23.0. The second kappa shape index (κ2) is 53.7. The standard InChI is InChI=1S/C58H109NO3/c1-3-5-7-9-11-13-15-16-17-18-19-20-21-22-23-24-25-26-27-28-29-30-31-32-33-34-35-36-37-38-39-40-41-42-44-46-48-50-52-54-58(62)59-56(55-60)57(61)53-51-49-47-45-43-14-12-10-8-6-4-2/h15-16,18-19,43,45,51,53,56-57,60-61H,3-14,17,20-42,44,46-50,52,54-55H2,1-2H3,(H,59,62)/b16-15-,19-18-,45-43+,53-51+. The van der Waals surface area contributed by atoms with Crippen molar-refractivity contribution in [2.75, 3.05) is 6.61 Å². The van der Waals surface area contributed by atoms with E-state index in [0.717, 1.165) is 38.5 Å². The Bertz CT molecular complexity index is 985. The van der Waals surface area contributed by atoms with E-state index in [4.69, 9.17) is 0 Å². The highest BCUT2D eigenvalue weighted by atomic mass is 16.3. The zero-order valence-electron chi connectivity index (χ0n) is 41.9. The van der Waals surface area contributed by atoms with Gasteiger partial charge in [0.15, 0.2) is 0 Å². The molecule has 0 aromatic carbocycles. The zero-order valence-corrected chi connectivity index (χ0v) is 41.9. The molecule has 0 saturated carbocycles. The van der Waals surface area contributed by atoms with E-state index in [2.05, 4.69) is 55.6 Å². The van der Waals surface area contributed by atoms with Crippen molar-refractivity contribution in [1.29, 1.82) is 0 Å². The smallest absolute Gasteiger partial charge is 0.220 e. The predicted octanol–water partition coefficient (Wildman–Crippen LogP) is 18.3. The van der Waals surface area contributed by atoms with Crippen LogP contribution in [0.3, 0.4) is 0 Å². The van der Waals surface area contributed by atoms with Crippen LogP contribution in [0.5, 0.6) is 0 Å². The molecule has 0 aromatic rings. The molecule has 364 valence electrons. The summed E-state index contributed by atoms with van der Waals surface area (Å²) in [6.45, 7) is 4.27. The summed E-state index contributed by atoms with van der Waals surface area (Å²) in [6, 6.07) is -0.636. The number of carbonyl (C=O) groups excluding carboxylic acids is 1. The van der Waals surface area contributed by atoms with Crippen molar-refractivity contribution in [1.82, 2.24) is 5.32 Å². The van der Waals surface area contributed by atoms with Gasteiger partial charge in [-0.3, -0.25) is 4.79 Å². The molecule has 62 heavy (non-hydrogen) atoms. The number of hydrogen-bond donors (Lipinski definition) is 3. The second-order valence-corrected chi connectivity index (χ2v) is 19.0. The minimum atomic E-state index is -0.859. The first-order chi connectivity index (χ1) is 30.7. The lowest BCUT2D eigenvalue weighted by molar-refractivity contribution is -0.123. The van der Waals surface area contributed by atoms with Crippen LogP contribution < -0.4 is 5.32 Å². The van der Waals surface area contributed by atoms with E-state index in [9.17, 15) is 15.0 Å². The number of carbonyl (C=O) groups is 1. The Morgan fingerprint density at radius 1 is 0.387 bits per heavy atom. The molecule has 0 aliphatic rings. The Morgan fingerprint density at radius 3 is 1.03 bits per heavy atom. The maximum Gasteiger partial charge on any atom is 0.220 e. The molecule has 0 saturated heterocycles. The normalized spacial score (nSPS) is 13.2. The van der Waals surface area contributed by atoms with Gasteiger partial charge in [0.25, 0.3) is 0 Å². The van der Waals surface area contributed by atoms with Gasteiger partial charge in [-0.2, -0.15) is 0 Å².